The molecule has 3 aliphatic rings. The maximum Gasteiger partial charge on any atom is 0.333 e. The number of amides is 3. The maximum atomic E-state index is 14.2. The molecule has 1 aromatic heterocycles. The number of aryl methyl sites for hydroxylation is 1. The minimum absolute atomic E-state index is 0.0370. The molecule has 9 nitrogen and oxygen atoms in total. The van der Waals surface area contributed by atoms with Gasteiger partial charge in [0.2, 0.25) is 17.7 Å². The van der Waals surface area contributed by atoms with Gasteiger partial charge >= 0.3 is 6.55 Å². The van der Waals surface area contributed by atoms with Crippen molar-refractivity contribution in [2.24, 2.45) is 11.8 Å². The molecule has 2 N–H and O–H groups in total. The number of rotatable bonds is 8. The molecule has 3 saturated heterocycles. The van der Waals surface area contributed by atoms with Crippen LogP contribution in [0.25, 0.3) is 10.9 Å². The average molecular weight is 607 g/mol. The van der Waals surface area contributed by atoms with Crippen molar-refractivity contribution < 1.29 is 23.2 Å². The first-order valence-electron chi connectivity index (χ1n) is 15.7. The number of piperidine rings is 1. The van der Waals surface area contributed by atoms with E-state index >= 15 is 0 Å². The minimum Gasteiger partial charge on any atom is -0.350 e. The summed E-state index contributed by atoms with van der Waals surface area (Å²) >= 11 is 0. The van der Waals surface area contributed by atoms with Crippen molar-refractivity contribution in [2.75, 3.05) is 26.2 Å². The van der Waals surface area contributed by atoms with Gasteiger partial charge in [0.1, 0.15) is 6.04 Å². The van der Waals surface area contributed by atoms with E-state index in [4.69, 9.17) is 0 Å². The fourth-order valence-electron chi connectivity index (χ4n) is 7.06. The Morgan fingerprint density at radius 2 is 1.77 bits per heavy atom. The number of nitrogens with one attached hydrogen (secondary N) is 2. The lowest BCUT2D eigenvalue weighted by Gasteiger charge is -2.36. The highest BCUT2D eigenvalue weighted by Gasteiger charge is 2.46. The van der Waals surface area contributed by atoms with Gasteiger partial charge in [0.15, 0.2) is 0 Å². The fraction of sp³-hybridized carbons (Fsp3) is 0.515. The van der Waals surface area contributed by atoms with Crippen molar-refractivity contribution in [3.05, 3.63) is 65.4 Å². The van der Waals surface area contributed by atoms with E-state index in [0.29, 0.717) is 41.5 Å². The van der Waals surface area contributed by atoms with E-state index < -0.39 is 24.6 Å². The summed E-state index contributed by atoms with van der Waals surface area (Å²) in [5.74, 6) is -0.753. The number of carbonyl (C=O) groups excluding carboxylic acids is 3. The van der Waals surface area contributed by atoms with Crippen molar-refractivity contribution in [3.8, 4) is 0 Å². The Hall–Kier alpha value is -3.86. The maximum absolute atomic E-state index is 14.2. The molecule has 0 saturated carbocycles. The Bertz CT molecular complexity index is 1500. The summed E-state index contributed by atoms with van der Waals surface area (Å²) in [5.41, 5.74) is 3.40. The number of alkyl halides is 2. The summed E-state index contributed by atoms with van der Waals surface area (Å²) in [6.45, 7) is 2.05. The summed E-state index contributed by atoms with van der Waals surface area (Å²) in [4.78, 5) is 45.0. The first kappa shape index (κ1) is 30.2. The van der Waals surface area contributed by atoms with Crippen molar-refractivity contribution in [2.45, 2.75) is 70.6 Å². The van der Waals surface area contributed by atoms with E-state index in [0.717, 1.165) is 49.9 Å². The van der Waals surface area contributed by atoms with Gasteiger partial charge in [0.05, 0.1) is 23.7 Å². The third-order valence-electron chi connectivity index (χ3n) is 9.39. The molecular weight excluding hydrogens is 566 g/mol. The predicted octanol–water partition coefficient (Wildman–Crippen LogP) is 3.81. The Kier molecular flexibility index (Phi) is 8.93. The van der Waals surface area contributed by atoms with Crippen molar-refractivity contribution in [1.82, 2.24) is 30.2 Å². The Morgan fingerprint density at radius 1 is 1.02 bits per heavy atom. The second kappa shape index (κ2) is 13.0. The zero-order chi connectivity index (χ0) is 30.8. The summed E-state index contributed by atoms with van der Waals surface area (Å²) < 4.78 is 27.1. The number of hydrogen-bond acceptors (Lipinski definition) is 5. The highest BCUT2D eigenvalue weighted by atomic mass is 19.3. The van der Waals surface area contributed by atoms with Crippen LogP contribution in [0.2, 0.25) is 0 Å². The molecule has 6 rings (SSSR count). The van der Waals surface area contributed by atoms with E-state index in [1.54, 1.807) is 23.1 Å². The van der Waals surface area contributed by atoms with E-state index in [2.05, 4.69) is 40.0 Å². The standard InChI is InChI=1S/C33H40F2N6O3/c1-21-6-8-22(9-7-21)15-24-17-28(30(42)37-18-23-10-11-27-25(16-23)19-38-41(27)33(34)35)40(20-24)32(44)29-26(5-4-12-36-29)31(43)39-13-2-3-14-39/h6-11,16,19,24,26,28-29,33,36H,2-5,12-15,17-18,20H2,1H3,(H,37,42)/t24-,26+,28+,29-/m1/s1. The van der Waals surface area contributed by atoms with Crippen LogP contribution in [0.1, 0.15) is 55.3 Å². The molecule has 0 bridgehead atoms. The van der Waals surface area contributed by atoms with Crippen molar-refractivity contribution >= 4 is 28.6 Å². The third-order valence-corrected chi connectivity index (χ3v) is 9.39. The van der Waals surface area contributed by atoms with Crippen LogP contribution in [0.5, 0.6) is 0 Å². The molecule has 3 aliphatic heterocycles. The second-order valence-corrected chi connectivity index (χ2v) is 12.5. The summed E-state index contributed by atoms with van der Waals surface area (Å²) in [6.07, 6.45) is 6.10. The van der Waals surface area contributed by atoms with E-state index in [-0.39, 0.29) is 30.2 Å². The van der Waals surface area contributed by atoms with Crippen LogP contribution >= 0.6 is 0 Å². The van der Waals surface area contributed by atoms with Crippen molar-refractivity contribution in [3.63, 3.8) is 0 Å². The van der Waals surface area contributed by atoms with Crippen LogP contribution in [0, 0.1) is 18.8 Å². The summed E-state index contributed by atoms with van der Waals surface area (Å²) in [6, 6.07) is 12.0. The zero-order valence-electron chi connectivity index (χ0n) is 25.1. The number of carbonyl (C=O) groups is 3. The number of aromatic nitrogens is 2. The molecule has 11 heteroatoms. The lowest BCUT2D eigenvalue weighted by Crippen LogP contribution is -2.59. The first-order valence-corrected chi connectivity index (χ1v) is 15.7. The number of hydrogen-bond donors (Lipinski definition) is 2. The second-order valence-electron chi connectivity index (χ2n) is 12.5. The summed E-state index contributed by atoms with van der Waals surface area (Å²) in [5, 5.41) is 10.6. The largest absolute Gasteiger partial charge is 0.350 e. The molecule has 0 aliphatic carbocycles. The minimum atomic E-state index is -2.74. The third kappa shape index (κ3) is 6.33. The van der Waals surface area contributed by atoms with E-state index in [1.807, 2.05) is 11.8 Å². The molecular formula is C33H40F2N6O3. The molecule has 0 radical (unpaired) electrons. The van der Waals surface area contributed by atoms with E-state index in [1.165, 1.54) is 11.8 Å². The van der Waals surface area contributed by atoms with Crippen molar-refractivity contribution in [1.29, 1.82) is 0 Å². The molecule has 3 amide bonds. The van der Waals surface area contributed by atoms with E-state index in [9.17, 15) is 23.2 Å². The molecule has 0 spiro atoms. The van der Waals surface area contributed by atoms with Crippen LogP contribution in [-0.4, -0.2) is 75.6 Å². The number of halogens is 2. The van der Waals surface area contributed by atoms with Gasteiger partial charge in [0, 0.05) is 31.6 Å². The number of benzene rings is 2. The van der Waals surface area contributed by atoms with Crippen LogP contribution in [0.15, 0.2) is 48.7 Å². The van der Waals surface area contributed by atoms with Gasteiger partial charge < -0.3 is 20.4 Å². The molecule has 234 valence electrons. The topological polar surface area (TPSA) is 99.6 Å². The molecule has 0 unspecified atom stereocenters. The lowest BCUT2D eigenvalue weighted by molar-refractivity contribution is -0.146. The summed E-state index contributed by atoms with van der Waals surface area (Å²) in [7, 11) is 0. The van der Waals surface area contributed by atoms with Crippen LogP contribution in [0.3, 0.4) is 0 Å². The molecule has 4 heterocycles. The number of fused-ring (bicyclic) bond motifs is 1. The van der Waals surface area contributed by atoms with Gasteiger partial charge in [-0.05, 0) is 81.2 Å². The monoisotopic (exact) mass is 606 g/mol. The Morgan fingerprint density at radius 3 is 2.52 bits per heavy atom. The Labute approximate surface area is 255 Å². The number of likely N-dealkylation sites (tertiary alicyclic amines) is 2. The van der Waals surface area contributed by atoms with Gasteiger partial charge in [-0.2, -0.15) is 13.9 Å². The molecule has 44 heavy (non-hydrogen) atoms. The van der Waals surface area contributed by atoms with Crippen LogP contribution < -0.4 is 10.6 Å². The highest BCUT2D eigenvalue weighted by Crippen LogP contribution is 2.31. The Balaban J connectivity index is 1.19. The van der Waals surface area contributed by atoms with Gasteiger partial charge in [0.25, 0.3) is 0 Å². The van der Waals surface area contributed by atoms with Gasteiger partial charge in [-0.15, -0.1) is 0 Å². The van der Waals surface area contributed by atoms with Crippen LogP contribution in [0.4, 0.5) is 8.78 Å². The fourth-order valence-corrected chi connectivity index (χ4v) is 7.06. The van der Waals surface area contributed by atoms with Gasteiger partial charge in [-0.25, -0.2) is 4.68 Å². The molecule has 3 aromatic rings. The lowest BCUT2D eigenvalue weighted by atomic mass is 9.88. The zero-order valence-corrected chi connectivity index (χ0v) is 25.1. The quantitative estimate of drug-likeness (QED) is 0.407. The smallest absolute Gasteiger partial charge is 0.333 e. The molecule has 3 fully saturated rings. The predicted molar refractivity (Wildman–Crippen MR) is 162 cm³/mol. The SMILES string of the molecule is Cc1ccc(C[C@@H]2C[C@@H](C(=O)NCc3ccc4c(cnn4C(F)F)c3)N(C(=O)[C@@H]3NCCC[C@@H]3C(=O)N3CCCC3)C2)cc1. The average Bonchev–Trinajstić information content (AvgIpc) is 3.80. The molecule has 4 atom stereocenters. The normalized spacial score (nSPS) is 23.9. The van der Waals surface area contributed by atoms with Gasteiger partial charge in [-0.1, -0.05) is 35.9 Å². The molecule has 2 aromatic carbocycles. The number of nitrogens with zero attached hydrogens (tertiary/aromatic N) is 4. The highest BCUT2D eigenvalue weighted by molar-refractivity contribution is 5.94. The van der Waals surface area contributed by atoms with Gasteiger partial charge in [-0.3, -0.25) is 14.4 Å². The van der Waals surface area contributed by atoms with Crippen LogP contribution in [-0.2, 0) is 27.3 Å². The first-order chi connectivity index (χ1) is 21.3.